The number of nitrogens with zero attached hydrogens (tertiary/aromatic N) is 1. The maximum Gasteiger partial charge on any atom is 0.339 e. The van der Waals surface area contributed by atoms with Gasteiger partial charge in [0.05, 0.1) is 11.6 Å². The maximum absolute atomic E-state index is 12.4. The lowest BCUT2D eigenvalue weighted by atomic mass is 10.3. The summed E-state index contributed by atoms with van der Waals surface area (Å²) in [5.74, 6) is 1.66. The predicted octanol–water partition coefficient (Wildman–Crippen LogP) is 4.41. The molecule has 0 saturated carbocycles. The number of pyridine rings is 1. The first-order chi connectivity index (χ1) is 12.5. The third-order valence-corrected chi connectivity index (χ3v) is 5.16. The van der Waals surface area contributed by atoms with Crippen LogP contribution in [0.5, 0.6) is 23.1 Å². The fraction of sp³-hybridized carbons (Fsp3) is 0.0556. The van der Waals surface area contributed by atoms with Crippen molar-refractivity contribution in [1.29, 1.82) is 0 Å². The van der Waals surface area contributed by atoms with E-state index in [-0.39, 0.29) is 10.6 Å². The van der Waals surface area contributed by atoms with Crippen molar-refractivity contribution in [1.82, 2.24) is 4.98 Å². The second kappa shape index (κ2) is 7.76. The van der Waals surface area contributed by atoms with Crippen molar-refractivity contribution in [2.45, 2.75) is 4.90 Å². The Hall–Kier alpha value is -2.58. The molecule has 0 aliphatic heterocycles. The zero-order chi connectivity index (χ0) is 18.6. The van der Waals surface area contributed by atoms with Crippen LogP contribution in [-0.2, 0) is 10.1 Å². The molecule has 0 amide bonds. The molecule has 26 heavy (non-hydrogen) atoms. The molecule has 8 heteroatoms. The number of benzene rings is 2. The molecule has 1 heterocycles. The fourth-order valence-corrected chi connectivity index (χ4v) is 3.72. The number of halogens is 1. The van der Waals surface area contributed by atoms with Gasteiger partial charge in [0.2, 0.25) is 5.88 Å². The summed E-state index contributed by atoms with van der Waals surface area (Å²) in [7, 11) is -2.47. The first kappa shape index (κ1) is 18.2. The van der Waals surface area contributed by atoms with Gasteiger partial charge < -0.3 is 13.7 Å². The molecular weight excluding hydrogens is 422 g/mol. The maximum atomic E-state index is 12.4. The molecule has 0 saturated heterocycles. The van der Waals surface area contributed by atoms with Crippen LogP contribution in [0.2, 0.25) is 0 Å². The molecule has 0 aliphatic rings. The van der Waals surface area contributed by atoms with Gasteiger partial charge in [-0.25, -0.2) is 4.98 Å². The molecule has 1 aromatic heterocycles. The third-order valence-electron chi connectivity index (χ3n) is 3.30. The molecule has 0 N–H and O–H groups in total. The molecule has 0 radical (unpaired) electrons. The summed E-state index contributed by atoms with van der Waals surface area (Å²) in [4.78, 5) is 4.07. The number of hydrogen-bond donors (Lipinski definition) is 0. The van der Waals surface area contributed by atoms with E-state index in [0.29, 0.717) is 21.9 Å². The molecule has 6 nitrogen and oxygen atoms in total. The average molecular weight is 436 g/mol. The highest BCUT2D eigenvalue weighted by Crippen LogP contribution is 2.29. The van der Waals surface area contributed by atoms with Gasteiger partial charge in [-0.05, 0) is 64.5 Å². The average Bonchev–Trinajstić information content (AvgIpc) is 2.64. The zero-order valence-corrected chi connectivity index (χ0v) is 16.0. The van der Waals surface area contributed by atoms with Crippen molar-refractivity contribution < 1.29 is 22.1 Å². The Morgan fingerprint density at radius 1 is 0.962 bits per heavy atom. The Kier molecular flexibility index (Phi) is 5.43. The van der Waals surface area contributed by atoms with E-state index in [1.54, 1.807) is 42.6 Å². The molecule has 0 bridgehead atoms. The predicted molar refractivity (Wildman–Crippen MR) is 99.3 cm³/mol. The van der Waals surface area contributed by atoms with Gasteiger partial charge in [-0.2, -0.15) is 8.42 Å². The van der Waals surface area contributed by atoms with Crippen molar-refractivity contribution >= 4 is 26.0 Å². The molecule has 0 unspecified atom stereocenters. The molecular formula is C18H14BrNO5S. The van der Waals surface area contributed by atoms with Crippen LogP contribution < -0.4 is 13.7 Å². The first-order valence-electron chi connectivity index (χ1n) is 7.45. The summed E-state index contributed by atoms with van der Waals surface area (Å²) in [5.41, 5.74) is 0. The summed E-state index contributed by atoms with van der Waals surface area (Å²) < 4.78 is 41.1. The summed E-state index contributed by atoms with van der Waals surface area (Å²) >= 11 is 3.26. The zero-order valence-electron chi connectivity index (χ0n) is 13.6. The van der Waals surface area contributed by atoms with Gasteiger partial charge in [-0.15, -0.1) is 0 Å². The van der Waals surface area contributed by atoms with Crippen LogP contribution in [0.3, 0.4) is 0 Å². The number of ether oxygens (including phenoxy) is 2. The second-order valence-electron chi connectivity index (χ2n) is 5.08. The Balaban J connectivity index is 1.74. The van der Waals surface area contributed by atoms with E-state index in [0.717, 1.165) is 0 Å². The first-order valence-corrected chi connectivity index (χ1v) is 9.65. The minimum absolute atomic E-state index is 0.0130. The van der Waals surface area contributed by atoms with Crippen LogP contribution in [0, 0.1) is 0 Å². The van der Waals surface area contributed by atoms with E-state index in [4.69, 9.17) is 13.7 Å². The minimum atomic E-state index is -3.97. The fourth-order valence-electron chi connectivity index (χ4n) is 2.07. The van der Waals surface area contributed by atoms with Gasteiger partial charge in [0.15, 0.2) is 0 Å². The van der Waals surface area contributed by atoms with Crippen molar-refractivity contribution in [3.05, 3.63) is 71.3 Å². The van der Waals surface area contributed by atoms with Crippen molar-refractivity contribution in [3.63, 3.8) is 0 Å². The Morgan fingerprint density at radius 2 is 1.69 bits per heavy atom. The van der Waals surface area contributed by atoms with Crippen LogP contribution in [0.1, 0.15) is 0 Å². The molecule has 2 aromatic carbocycles. The highest BCUT2D eigenvalue weighted by Gasteiger charge is 2.18. The lowest BCUT2D eigenvalue weighted by Gasteiger charge is -2.10. The van der Waals surface area contributed by atoms with Gasteiger partial charge in [-0.3, -0.25) is 0 Å². The smallest absolute Gasteiger partial charge is 0.339 e. The van der Waals surface area contributed by atoms with Crippen molar-refractivity contribution in [3.8, 4) is 23.1 Å². The number of rotatable bonds is 6. The normalized spacial score (nSPS) is 11.0. The highest BCUT2D eigenvalue weighted by molar-refractivity contribution is 9.10. The number of aromatic nitrogens is 1. The molecule has 0 fully saturated rings. The third kappa shape index (κ3) is 4.33. The molecule has 0 spiro atoms. The largest absolute Gasteiger partial charge is 0.496 e. The van der Waals surface area contributed by atoms with Gasteiger partial charge in [-0.1, -0.05) is 6.07 Å². The van der Waals surface area contributed by atoms with Gasteiger partial charge in [0.25, 0.3) is 0 Å². The number of hydrogen-bond acceptors (Lipinski definition) is 6. The van der Waals surface area contributed by atoms with E-state index in [1.165, 1.54) is 31.4 Å². The molecule has 0 atom stereocenters. The monoisotopic (exact) mass is 435 g/mol. The Labute approximate surface area is 159 Å². The summed E-state index contributed by atoms with van der Waals surface area (Å²) in [6.07, 6.45) is 1.62. The van der Waals surface area contributed by atoms with Crippen LogP contribution in [0.4, 0.5) is 0 Å². The standard InChI is InChI=1S/C18H14BrNO5S/c1-23-17-10-9-15(12-16(17)19)26(21,22)25-14-7-5-13(6-8-14)24-18-4-2-3-11-20-18/h2-12H,1H3. The summed E-state index contributed by atoms with van der Waals surface area (Å²) in [5, 5.41) is 0. The van der Waals surface area contributed by atoms with E-state index in [9.17, 15) is 8.42 Å². The number of methoxy groups -OCH3 is 1. The van der Waals surface area contributed by atoms with E-state index in [2.05, 4.69) is 20.9 Å². The summed E-state index contributed by atoms with van der Waals surface area (Å²) in [6.45, 7) is 0. The van der Waals surface area contributed by atoms with Crippen LogP contribution in [-0.4, -0.2) is 20.5 Å². The van der Waals surface area contributed by atoms with Crippen LogP contribution in [0.25, 0.3) is 0 Å². The Morgan fingerprint density at radius 3 is 2.31 bits per heavy atom. The SMILES string of the molecule is COc1ccc(S(=O)(=O)Oc2ccc(Oc3ccccn3)cc2)cc1Br. The van der Waals surface area contributed by atoms with Gasteiger partial charge in [0, 0.05) is 12.3 Å². The molecule has 3 aromatic rings. The molecule has 0 aliphatic carbocycles. The highest BCUT2D eigenvalue weighted by atomic mass is 79.9. The van der Waals surface area contributed by atoms with E-state index >= 15 is 0 Å². The molecule has 134 valence electrons. The van der Waals surface area contributed by atoms with Gasteiger partial charge >= 0.3 is 10.1 Å². The second-order valence-corrected chi connectivity index (χ2v) is 7.48. The summed E-state index contributed by atoms with van der Waals surface area (Å²) in [6, 6.07) is 15.9. The lowest BCUT2D eigenvalue weighted by molar-refractivity contribution is 0.411. The topological polar surface area (TPSA) is 74.7 Å². The lowest BCUT2D eigenvalue weighted by Crippen LogP contribution is -2.09. The van der Waals surface area contributed by atoms with Crippen molar-refractivity contribution in [2.24, 2.45) is 0 Å². The Bertz CT molecular complexity index is 992. The molecule has 3 rings (SSSR count). The quantitative estimate of drug-likeness (QED) is 0.533. The van der Waals surface area contributed by atoms with Crippen molar-refractivity contribution in [2.75, 3.05) is 7.11 Å². The minimum Gasteiger partial charge on any atom is -0.496 e. The van der Waals surface area contributed by atoms with Gasteiger partial charge in [0.1, 0.15) is 22.1 Å². The van der Waals surface area contributed by atoms with E-state index < -0.39 is 10.1 Å². The van der Waals surface area contributed by atoms with Crippen LogP contribution >= 0.6 is 15.9 Å². The van der Waals surface area contributed by atoms with E-state index in [1.807, 2.05) is 0 Å². The van der Waals surface area contributed by atoms with Crippen LogP contribution in [0.15, 0.2) is 76.2 Å².